The first-order valence-electron chi connectivity index (χ1n) is 6.64. The predicted octanol–water partition coefficient (Wildman–Crippen LogP) is 4.46. The summed E-state index contributed by atoms with van der Waals surface area (Å²) >= 11 is 3.72. The van der Waals surface area contributed by atoms with Crippen molar-refractivity contribution in [2.45, 2.75) is 45.1 Å². The first kappa shape index (κ1) is 13.1. The van der Waals surface area contributed by atoms with Crippen molar-refractivity contribution in [3.05, 3.63) is 34.3 Å². The van der Waals surface area contributed by atoms with Crippen LogP contribution in [0.3, 0.4) is 0 Å². The molecule has 17 heavy (non-hydrogen) atoms. The first-order chi connectivity index (χ1) is 8.14. The lowest BCUT2D eigenvalue weighted by Crippen LogP contribution is -2.47. The van der Waals surface area contributed by atoms with Crippen LogP contribution in [0.1, 0.15) is 45.1 Å². The largest absolute Gasteiger partial charge is 0.307 e. The second-order valence-corrected chi connectivity index (χ2v) is 6.40. The lowest BCUT2D eigenvalue weighted by Gasteiger charge is -2.41. The molecule has 1 atom stereocenters. The molecule has 0 aliphatic carbocycles. The average Bonchev–Trinajstić information content (AvgIpc) is 2.29. The van der Waals surface area contributed by atoms with E-state index in [4.69, 9.17) is 0 Å². The number of hydrogen-bond acceptors (Lipinski definition) is 1. The van der Waals surface area contributed by atoms with Gasteiger partial charge in [-0.25, -0.2) is 0 Å². The van der Waals surface area contributed by atoms with Crippen LogP contribution in [0, 0.1) is 5.92 Å². The van der Waals surface area contributed by atoms with Crippen molar-refractivity contribution in [3.63, 3.8) is 0 Å². The topological polar surface area (TPSA) is 12.0 Å². The van der Waals surface area contributed by atoms with E-state index in [1.807, 2.05) is 0 Å². The van der Waals surface area contributed by atoms with E-state index in [2.05, 4.69) is 59.4 Å². The smallest absolute Gasteiger partial charge is 0.0448 e. The third-order valence-corrected chi connectivity index (χ3v) is 4.33. The van der Waals surface area contributed by atoms with Gasteiger partial charge < -0.3 is 5.32 Å². The van der Waals surface area contributed by atoms with E-state index in [9.17, 15) is 0 Å². The zero-order chi connectivity index (χ0) is 12.3. The summed E-state index contributed by atoms with van der Waals surface area (Å²) in [5.74, 6) is 0.715. The minimum Gasteiger partial charge on any atom is -0.307 e. The zero-order valence-electron chi connectivity index (χ0n) is 10.8. The van der Waals surface area contributed by atoms with Gasteiger partial charge in [0.05, 0.1) is 0 Å². The summed E-state index contributed by atoms with van der Waals surface area (Å²) < 4.78 is 1.25. The molecule has 0 aromatic heterocycles. The maximum absolute atomic E-state index is 3.79. The molecule has 1 aliphatic rings. The summed E-state index contributed by atoms with van der Waals surface area (Å²) in [6.45, 7) is 5.78. The Hall–Kier alpha value is -0.340. The maximum Gasteiger partial charge on any atom is 0.0448 e. The van der Waals surface area contributed by atoms with Crippen LogP contribution in [0.2, 0.25) is 0 Å². The Bertz CT molecular complexity index is 367. The van der Waals surface area contributed by atoms with Gasteiger partial charge >= 0.3 is 0 Å². The summed E-state index contributed by atoms with van der Waals surface area (Å²) in [7, 11) is 0. The first-order valence-corrected chi connectivity index (χ1v) is 7.43. The Morgan fingerprint density at radius 3 is 2.65 bits per heavy atom. The number of halogens is 1. The summed E-state index contributed by atoms with van der Waals surface area (Å²) in [5, 5.41) is 3.79. The molecular weight excluding hydrogens is 274 g/mol. The SMILES string of the molecule is CC(C)CC1(c2ccccc2Br)CCCCN1. The van der Waals surface area contributed by atoms with E-state index in [0.717, 1.165) is 6.54 Å². The average molecular weight is 296 g/mol. The van der Waals surface area contributed by atoms with Crippen LogP contribution in [-0.4, -0.2) is 6.54 Å². The number of nitrogens with one attached hydrogen (secondary N) is 1. The molecule has 1 aliphatic heterocycles. The van der Waals surface area contributed by atoms with Crippen molar-refractivity contribution in [2.24, 2.45) is 5.92 Å². The van der Waals surface area contributed by atoms with E-state index in [-0.39, 0.29) is 5.54 Å². The molecule has 1 nitrogen and oxygen atoms in total. The Morgan fingerprint density at radius 1 is 1.29 bits per heavy atom. The van der Waals surface area contributed by atoms with Gasteiger partial charge in [0.1, 0.15) is 0 Å². The van der Waals surface area contributed by atoms with Crippen LogP contribution in [0.5, 0.6) is 0 Å². The van der Waals surface area contributed by atoms with Crippen molar-refractivity contribution >= 4 is 15.9 Å². The minimum absolute atomic E-state index is 0.187. The molecule has 2 heteroatoms. The molecule has 1 fully saturated rings. The summed E-state index contributed by atoms with van der Waals surface area (Å²) in [6, 6.07) is 8.68. The summed E-state index contributed by atoms with van der Waals surface area (Å²) in [6.07, 6.45) is 5.12. The van der Waals surface area contributed by atoms with Gasteiger partial charge in [0.15, 0.2) is 0 Å². The summed E-state index contributed by atoms with van der Waals surface area (Å²) in [5.41, 5.74) is 1.63. The number of benzene rings is 1. The van der Waals surface area contributed by atoms with Gasteiger partial charge in [-0.2, -0.15) is 0 Å². The molecule has 0 bridgehead atoms. The van der Waals surface area contributed by atoms with Crippen LogP contribution in [-0.2, 0) is 5.54 Å². The fraction of sp³-hybridized carbons (Fsp3) is 0.600. The highest BCUT2D eigenvalue weighted by Crippen LogP contribution is 2.39. The summed E-state index contributed by atoms with van der Waals surface area (Å²) in [4.78, 5) is 0. The zero-order valence-corrected chi connectivity index (χ0v) is 12.4. The van der Waals surface area contributed by atoms with Crippen LogP contribution in [0.25, 0.3) is 0 Å². The third-order valence-electron chi connectivity index (χ3n) is 3.64. The molecule has 1 heterocycles. The molecule has 2 rings (SSSR count). The maximum atomic E-state index is 3.79. The van der Waals surface area contributed by atoms with Crippen LogP contribution in [0.4, 0.5) is 0 Å². The molecule has 94 valence electrons. The van der Waals surface area contributed by atoms with Crippen LogP contribution in [0.15, 0.2) is 28.7 Å². The van der Waals surface area contributed by atoms with Crippen LogP contribution >= 0.6 is 15.9 Å². The second-order valence-electron chi connectivity index (χ2n) is 5.54. The lowest BCUT2D eigenvalue weighted by atomic mass is 9.76. The molecule has 1 aromatic rings. The van der Waals surface area contributed by atoms with Gasteiger partial charge in [0.2, 0.25) is 0 Å². The van der Waals surface area contributed by atoms with Crippen LogP contribution < -0.4 is 5.32 Å². The Kier molecular flexibility index (Phi) is 4.26. The van der Waals surface area contributed by atoms with E-state index < -0.39 is 0 Å². The van der Waals surface area contributed by atoms with Crippen molar-refractivity contribution < 1.29 is 0 Å². The highest BCUT2D eigenvalue weighted by atomic mass is 79.9. The Balaban J connectivity index is 2.35. The fourth-order valence-corrected chi connectivity index (χ4v) is 3.69. The molecule has 0 spiro atoms. The Morgan fingerprint density at radius 2 is 2.06 bits per heavy atom. The molecule has 1 saturated heterocycles. The van der Waals surface area contributed by atoms with Gasteiger partial charge in [-0.15, -0.1) is 0 Å². The van der Waals surface area contributed by atoms with E-state index in [1.54, 1.807) is 0 Å². The minimum atomic E-state index is 0.187. The number of rotatable bonds is 3. The lowest BCUT2D eigenvalue weighted by molar-refractivity contribution is 0.213. The number of piperidine rings is 1. The highest BCUT2D eigenvalue weighted by molar-refractivity contribution is 9.10. The van der Waals surface area contributed by atoms with Gasteiger partial charge in [-0.05, 0) is 43.4 Å². The second kappa shape index (κ2) is 5.53. The molecule has 1 N–H and O–H groups in total. The van der Waals surface area contributed by atoms with E-state index >= 15 is 0 Å². The molecular formula is C15H22BrN. The van der Waals surface area contributed by atoms with Gasteiger partial charge in [-0.3, -0.25) is 0 Å². The van der Waals surface area contributed by atoms with Crippen molar-refractivity contribution in [2.75, 3.05) is 6.54 Å². The number of hydrogen-bond donors (Lipinski definition) is 1. The third kappa shape index (κ3) is 2.92. The highest BCUT2D eigenvalue weighted by Gasteiger charge is 2.35. The monoisotopic (exact) mass is 295 g/mol. The quantitative estimate of drug-likeness (QED) is 0.868. The predicted molar refractivity (Wildman–Crippen MR) is 77.1 cm³/mol. The molecule has 0 radical (unpaired) electrons. The van der Waals surface area contributed by atoms with E-state index in [0.29, 0.717) is 5.92 Å². The molecule has 0 saturated carbocycles. The molecule has 1 unspecified atom stereocenters. The Labute approximate surface area is 113 Å². The van der Waals surface area contributed by atoms with Crippen molar-refractivity contribution in [1.82, 2.24) is 5.32 Å². The van der Waals surface area contributed by atoms with E-state index in [1.165, 1.54) is 35.7 Å². The molecule has 0 amide bonds. The molecule has 1 aromatic carbocycles. The fourth-order valence-electron chi connectivity index (χ4n) is 3.03. The van der Waals surface area contributed by atoms with Gasteiger partial charge in [-0.1, -0.05) is 54.4 Å². The van der Waals surface area contributed by atoms with Crippen molar-refractivity contribution in [1.29, 1.82) is 0 Å². The standard InChI is InChI=1S/C15H22BrN/c1-12(2)11-15(9-5-6-10-17-15)13-7-3-4-8-14(13)16/h3-4,7-8,12,17H,5-6,9-11H2,1-2H3. The van der Waals surface area contributed by atoms with Gasteiger partial charge in [0.25, 0.3) is 0 Å². The normalized spacial score (nSPS) is 25.2. The van der Waals surface area contributed by atoms with Crippen molar-refractivity contribution in [3.8, 4) is 0 Å². The van der Waals surface area contributed by atoms with Gasteiger partial charge in [0, 0.05) is 10.0 Å².